The molecule has 0 spiro atoms. The number of hydrogen-bond acceptors (Lipinski definition) is 4. The van der Waals surface area contributed by atoms with E-state index in [2.05, 4.69) is 10.6 Å². The van der Waals surface area contributed by atoms with Gasteiger partial charge in [0.1, 0.15) is 0 Å². The van der Waals surface area contributed by atoms with Crippen molar-refractivity contribution in [2.24, 2.45) is 0 Å². The summed E-state index contributed by atoms with van der Waals surface area (Å²) in [5, 5.41) is 23.6. The fourth-order valence-electron chi connectivity index (χ4n) is 1.61. The summed E-state index contributed by atoms with van der Waals surface area (Å²) in [5.41, 5.74) is -2.57. The minimum atomic E-state index is -1.93. The van der Waals surface area contributed by atoms with E-state index in [1.165, 1.54) is 0 Å². The monoisotopic (exact) mass is 230 g/mol. The molecule has 16 heavy (non-hydrogen) atoms. The topological polar surface area (TPSA) is 98.7 Å². The first kappa shape index (κ1) is 12.9. The molecule has 1 saturated heterocycles. The standard InChI is InChI=1S/C10H18N2O4/c1-9(4-3-5-12-9)7(13)11-6-10(2,16)8(14)15/h12,16H,3-6H2,1-2H3,(H,11,13)(H,14,15). The quantitative estimate of drug-likeness (QED) is 0.500. The Balaban J connectivity index is 2.50. The number of carboxylic acids is 1. The molecule has 2 atom stereocenters. The van der Waals surface area contributed by atoms with Crippen LogP contribution >= 0.6 is 0 Å². The summed E-state index contributed by atoms with van der Waals surface area (Å²) >= 11 is 0. The minimum Gasteiger partial charge on any atom is -0.479 e. The van der Waals surface area contributed by atoms with Crippen molar-refractivity contribution in [3.8, 4) is 0 Å². The molecule has 0 aromatic carbocycles. The highest BCUT2D eigenvalue weighted by Gasteiger charge is 2.38. The average molecular weight is 230 g/mol. The van der Waals surface area contributed by atoms with E-state index in [9.17, 15) is 14.7 Å². The molecule has 1 aliphatic heterocycles. The summed E-state index contributed by atoms with van der Waals surface area (Å²) in [6, 6.07) is 0. The van der Waals surface area contributed by atoms with E-state index in [1.54, 1.807) is 6.92 Å². The van der Waals surface area contributed by atoms with Crippen LogP contribution in [0, 0.1) is 0 Å². The fourth-order valence-corrected chi connectivity index (χ4v) is 1.61. The van der Waals surface area contributed by atoms with E-state index in [0.717, 1.165) is 19.9 Å². The van der Waals surface area contributed by atoms with Crippen molar-refractivity contribution < 1.29 is 19.8 Å². The Hall–Kier alpha value is -1.14. The van der Waals surface area contributed by atoms with Crippen molar-refractivity contribution in [3.05, 3.63) is 0 Å². The average Bonchev–Trinajstić information content (AvgIpc) is 2.62. The van der Waals surface area contributed by atoms with Gasteiger partial charge in [0.2, 0.25) is 5.91 Å². The maximum Gasteiger partial charge on any atom is 0.337 e. The SMILES string of the molecule is CC(O)(CNC(=O)C1(C)CCCN1)C(=O)O. The Kier molecular flexibility index (Phi) is 3.54. The summed E-state index contributed by atoms with van der Waals surface area (Å²) in [6.45, 7) is 3.41. The first-order valence-electron chi connectivity index (χ1n) is 5.27. The van der Waals surface area contributed by atoms with Gasteiger partial charge in [-0.2, -0.15) is 0 Å². The summed E-state index contributed by atoms with van der Waals surface area (Å²) in [4.78, 5) is 22.4. The highest BCUT2D eigenvalue weighted by molar-refractivity contribution is 5.87. The largest absolute Gasteiger partial charge is 0.479 e. The van der Waals surface area contributed by atoms with Crippen molar-refractivity contribution in [1.82, 2.24) is 10.6 Å². The first-order valence-corrected chi connectivity index (χ1v) is 5.27. The molecule has 0 aromatic heterocycles. The zero-order valence-corrected chi connectivity index (χ0v) is 9.54. The maximum atomic E-state index is 11.8. The summed E-state index contributed by atoms with van der Waals surface area (Å²) in [5.74, 6) is -1.62. The van der Waals surface area contributed by atoms with Gasteiger partial charge in [-0.15, -0.1) is 0 Å². The van der Waals surface area contributed by atoms with Gasteiger partial charge in [0, 0.05) is 0 Å². The first-order chi connectivity index (χ1) is 7.28. The van der Waals surface area contributed by atoms with Gasteiger partial charge in [-0.05, 0) is 33.2 Å². The predicted octanol–water partition coefficient (Wildman–Crippen LogP) is -0.920. The third kappa shape index (κ3) is 2.70. The molecular formula is C10H18N2O4. The van der Waals surface area contributed by atoms with Crippen LogP contribution in [0.2, 0.25) is 0 Å². The van der Waals surface area contributed by atoms with Crippen molar-refractivity contribution in [2.75, 3.05) is 13.1 Å². The van der Waals surface area contributed by atoms with E-state index < -0.39 is 17.1 Å². The fraction of sp³-hybridized carbons (Fsp3) is 0.800. The second-order valence-electron chi connectivity index (χ2n) is 4.62. The molecule has 0 bridgehead atoms. The van der Waals surface area contributed by atoms with E-state index >= 15 is 0 Å². The molecule has 0 saturated carbocycles. The normalized spacial score (nSPS) is 28.4. The van der Waals surface area contributed by atoms with Crippen LogP contribution in [0.15, 0.2) is 0 Å². The van der Waals surface area contributed by atoms with Gasteiger partial charge in [0.15, 0.2) is 5.60 Å². The van der Waals surface area contributed by atoms with Gasteiger partial charge in [-0.3, -0.25) is 4.79 Å². The number of carboxylic acid groups (broad SMARTS) is 1. The predicted molar refractivity (Wildman–Crippen MR) is 56.9 cm³/mol. The van der Waals surface area contributed by atoms with E-state index in [-0.39, 0.29) is 12.5 Å². The highest BCUT2D eigenvalue weighted by Crippen LogP contribution is 2.18. The van der Waals surface area contributed by atoms with Crippen LogP contribution in [0.25, 0.3) is 0 Å². The van der Waals surface area contributed by atoms with E-state index in [0.29, 0.717) is 6.42 Å². The Morgan fingerprint density at radius 1 is 1.56 bits per heavy atom. The number of rotatable bonds is 4. The molecule has 4 N–H and O–H groups in total. The maximum absolute atomic E-state index is 11.8. The second kappa shape index (κ2) is 4.39. The molecule has 1 fully saturated rings. The van der Waals surface area contributed by atoms with Gasteiger partial charge in [-0.1, -0.05) is 0 Å². The lowest BCUT2D eigenvalue weighted by atomic mass is 9.98. The number of nitrogens with one attached hydrogen (secondary N) is 2. The summed E-state index contributed by atoms with van der Waals surface area (Å²) in [6.07, 6.45) is 1.63. The van der Waals surface area contributed by atoms with Crippen molar-refractivity contribution in [3.63, 3.8) is 0 Å². The van der Waals surface area contributed by atoms with Crippen molar-refractivity contribution >= 4 is 11.9 Å². The van der Waals surface area contributed by atoms with Crippen molar-refractivity contribution in [2.45, 2.75) is 37.8 Å². The van der Waals surface area contributed by atoms with Crippen LogP contribution in [-0.2, 0) is 9.59 Å². The Morgan fingerprint density at radius 2 is 2.19 bits per heavy atom. The Bertz CT molecular complexity index is 295. The lowest BCUT2D eigenvalue weighted by Gasteiger charge is -2.25. The van der Waals surface area contributed by atoms with Crippen LogP contribution in [0.5, 0.6) is 0 Å². The number of amides is 1. The van der Waals surface area contributed by atoms with Gasteiger partial charge in [0.25, 0.3) is 0 Å². The number of aliphatic carboxylic acids is 1. The lowest BCUT2D eigenvalue weighted by molar-refractivity contribution is -0.156. The molecule has 0 aromatic rings. The molecule has 0 radical (unpaired) electrons. The number of carbonyl (C=O) groups excluding carboxylic acids is 1. The van der Waals surface area contributed by atoms with Gasteiger partial charge in [0.05, 0.1) is 12.1 Å². The summed E-state index contributed by atoms with van der Waals surface area (Å²) < 4.78 is 0. The number of carbonyl (C=O) groups is 2. The van der Waals surface area contributed by atoms with E-state index in [1.807, 2.05) is 0 Å². The third-order valence-electron chi connectivity index (χ3n) is 2.92. The lowest BCUT2D eigenvalue weighted by Crippen LogP contribution is -2.55. The van der Waals surface area contributed by atoms with E-state index in [4.69, 9.17) is 5.11 Å². The molecule has 6 heteroatoms. The molecule has 0 aliphatic carbocycles. The molecule has 92 valence electrons. The third-order valence-corrected chi connectivity index (χ3v) is 2.92. The molecule has 2 unspecified atom stereocenters. The van der Waals surface area contributed by atoms with Crippen molar-refractivity contribution in [1.29, 1.82) is 0 Å². The molecule has 6 nitrogen and oxygen atoms in total. The smallest absolute Gasteiger partial charge is 0.337 e. The van der Waals surface area contributed by atoms with Crippen LogP contribution in [0.4, 0.5) is 0 Å². The summed E-state index contributed by atoms with van der Waals surface area (Å²) in [7, 11) is 0. The van der Waals surface area contributed by atoms with Crippen LogP contribution < -0.4 is 10.6 Å². The minimum absolute atomic E-state index is 0.272. The van der Waals surface area contributed by atoms with Gasteiger partial charge in [-0.25, -0.2) is 4.79 Å². The zero-order valence-electron chi connectivity index (χ0n) is 9.54. The molecule has 1 aliphatic rings. The Morgan fingerprint density at radius 3 is 2.62 bits per heavy atom. The molecule has 1 rings (SSSR count). The second-order valence-corrected chi connectivity index (χ2v) is 4.62. The zero-order chi connectivity index (χ0) is 12.4. The number of hydrogen-bond donors (Lipinski definition) is 4. The van der Waals surface area contributed by atoms with Gasteiger partial charge >= 0.3 is 5.97 Å². The van der Waals surface area contributed by atoms with Gasteiger partial charge < -0.3 is 20.8 Å². The highest BCUT2D eigenvalue weighted by atomic mass is 16.4. The number of aliphatic hydroxyl groups is 1. The van der Waals surface area contributed by atoms with Crippen LogP contribution in [0.3, 0.4) is 0 Å². The molecule has 1 amide bonds. The Labute approximate surface area is 94.0 Å². The molecule has 1 heterocycles. The molecular weight excluding hydrogens is 212 g/mol. The van der Waals surface area contributed by atoms with Crippen LogP contribution in [-0.4, -0.2) is 46.3 Å². The van der Waals surface area contributed by atoms with Crippen LogP contribution in [0.1, 0.15) is 26.7 Å².